The molecule has 160 valence electrons. The first-order valence-corrected chi connectivity index (χ1v) is 10.6. The number of carbonyl (C=O) groups excluding carboxylic acids is 2. The second kappa shape index (κ2) is 9.00. The normalized spacial score (nSPS) is 16.7. The molecule has 6 nitrogen and oxygen atoms in total. The largest absolute Gasteiger partial charge is 0.465 e. The van der Waals surface area contributed by atoms with Gasteiger partial charge in [0.05, 0.1) is 5.56 Å². The maximum atomic E-state index is 13.5. The van der Waals surface area contributed by atoms with Crippen LogP contribution in [0.15, 0.2) is 28.7 Å². The van der Waals surface area contributed by atoms with Crippen LogP contribution < -0.4 is 5.32 Å². The van der Waals surface area contributed by atoms with Crippen LogP contribution in [-0.4, -0.2) is 47.8 Å². The topological polar surface area (TPSA) is 65.8 Å². The predicted octanol–water partition coefficient (Wildman–Crippen LogP) is 3.03. The molecule has 2 amide bonds. The highest BCUT2D eigenvalue weighted by Gasteiger charge is 2.28. The van der Waals surface area contributed by atoms with E-state index in [-0.39, 0.29) is 17.6 Å². The molecular formula is C23H28FN3O3. The SMILES string of the molecule is Cc1oc2c(c1C(=O)NCCCN1CCCC1=O)CN(Cc1cccc(F)c1)CC2. The summed E-state index contributed by atoms with van der Waals surface area (Å²) in [5.41, 5.74) is 2.47. The highest BCUT2D eigenvalue weighted by Crippen LogP contribution is 2.29. The number of furan rings is 1. The summed E-state index contributed by atoms with van der Waals surface area (Å²) in [5.74, 6) is 1.35. The third-order valence-electron chi connectivity index (χ3n) is 5.89. The average molecular weight is 413 g/mol. The first kappa shape index (κ1) is 20.6. The van der Waals surface area contributed by atoms with E-state index < -0.39 is 0 Å². The van der Waals surface area contributed by atoms with E-state index in [9.17, 15) is 14.0 Å². The Labute approximate surface area is 176 Å². The molecule has 3 heterocycles. The number of rotatable bonds is 7. The summed E-state index contributed by atoms with van der Waals surface area (Å²) >= 11 is 0. The molecule has 0 radical (unpaired) electrons. The van der Waals surface area contributed by atoms with Crippen LogP contribution >= 0.6 is 0 Å². The van der Waals surface area contributed by atoms with E-state index in [2.05, 4.69) is 10.2 Å². The van der Waals surface area contributed by atoms with Crippen molar-refractivity contribution in [3.63, 3.8) is 0 Å². The number of benzene rings is 1. The van der Waals surface area contributed by atoms with Gasteiger partial charge in [-0.1, -0.05) is 12.1 Å². The molecule has 1 aromatic carbocycles. The number of carbonyl (C=O) groups is 2. The molecule has 2 aliphatic heterocycles. The van der Waals surface area contributed by atoms with E-state index in [0.29, 0.717) is 43.9 Å². The molecule has 0 atom stereocenters. The van der Waals surface area contributed by atoms with Gasteiger partial charge in [-0.05, 0) is 37.5 Å². The standard InChI is InChI=1S/C23H28FN3O3/c1-16-22(23(29)25-9-4-11-27-10-3-7-21(27)28)19-15-26(12-8-20(19)30-16)14-17-5-2-6-18(24)13-17/h2,5-6,13H,3-4,7-12,14-15H2,1H3,(H,25,29). The van der Waals surface area contributed by atoms with Crippen molar-refractivity contribution in [3.05, 3.63) is 58.3 Å². The summed E-state index contributed by atoms with van der Waals surface area (Å²) in [6.45, 7) is 5.90. The van der Waals surface area contributed by atoms with Crippen LogP contribution in [0, 0.1) is 12.7 Å². The maximum absolute atomic E-state index is 13.5. The zero-order valence-corrected chi connectivity index (χ0v) is 17.4. The third kappa shape index (κ3) is 4.56. The average Bonchev–Trinajstić information content (AvgIpc) is 3.26. The second-order valence-corrected chi connectivity index (χ2v) is 8.12. The molecule has 4 rings (SSSR count). The Hall–Kier alpha value is -2.67. The van der Waals surface area contributed by atoms with Crippen LogP contribution in [0.25, 0.3) is 0 Å². The number of likely N-dealkylation sites (tertiary alicyclic amines) is 1. The van der Waals surface area contributed by atoms with Crippen LogP contribution in [0.5, 0.6) is 0 Å². The van der Waals surface area contributed by atoms with Gasteiger partial charge < -0.3 is 14.6 Å². The van der Waals surface area contributed by atoms with E-state index in [1.165, 1.54) is 6.07 Å². The monoisotopic (exact) mass is 413 g/mol. The minimum absolute atomic E-state index is 0.127. The molecule has 30 heavy (non-hydrogen) atoms. The smallest absolute Gasteiger partial charge is 0.255 e. The quantitative estimate of drug-likeness (QED) is 0.709. The Kier molecular flexibility index (Phi) is 6.18. The minimum Gasteiger partial charge on any atom is -0.465 e. The maximum Gasteiger partial charge on any atom is 0.255 e. The van der Waals surface area contributed by atoms with Crippen molar-refractivity contribution < 1.29 is 18.4 Å². The first-order chi connectivity index (χ1) is 14.5. The van der Waals surface area contributed by atoms with Crippen molar-refractivity contribution in [2.75, 3.05) is 26.2 Å². The Morgan fingerprint density at radius 3 is 2.90 bits per heavy atom. The van der Waals surface area contributed by atoms with E-state index in [4.69, 9.17) is 4.42 Å². The lowest BCUT2D eigenvalue weighted by Gasteiger charge is -2.26. The van der Waals surface area contributed by atoms with Crippen molar-refractivity contribution in [2.45, 2.75) is 45.7 Å². The fourth-order valence-corrected chi connectivity index (χ4v) is 4.41. The number of nitrogens with zero attached hydrogens (tertiary/aromatic N) is 2. The van der Waals surface area contributed by atoms with Gasteiger partial charge in [0.1, 0.15) is 17.3 Å². The Morgan fingerprint density at radius 1 is 1.27 bits per heavy atom. The van der Waals surface area contributed by atoms with Gasteiger partial charge in [-0.25, -0.2) is 4.39 Å². The van der Waals surface area contributed by atoms with Crippen LogP contribution in [0.3, 0.4) is 0 Å². The van der Waals surface area contributed by atoms with Crippen molar-refractivity contribution in [2.24, 2.45) is 0 Å². The van der Waals surface area contributed by atoms with Gasteiger partial charge in [0.15, 0.2) is 0 Å². The van der Waals surface area contributed by atoms with E-state index in [1.54, 1.807) is 12.1 Å². The summed E-state index contributed by atoms with van der Waals surface area (Å²) in [5, 5.41) is 2.98. The van der Waals surface area contributed by atoms with Gasteiger partial charge in [-0.3, -0.25) is 14.5 Å². The summed E-state index contributed by atoms with van der Waals surface area (Å²) in [6, 6.07) is 6.63. The van der Waals surface area contributed by atoms with Gasteiger partial charge >= 0.3 is 0 Å². The molecule has 0 aliphatic carbocycles. The summed E-state index contributed by atoms with van der Waals surface area (Å²) in [6.07, 6.45) is 3.04. The molecule has 0 unspecified atom stereocenters. The highest BCUT2D eigenvalue weighted by molar-refractivity contribution is 5.97. The van der Waals surface area contributed by atoms with E-state index >= 15 is 0 Å². The van der Waals surface area contributed by atoms with Crippen molar-refractivity contribution in [1.29, 1.82) is 0 Å². The lowest BCUT2D eigenvalue weighted by atomic mass is 10.0. The zero-order valence-electron chi connectivity index (χ0n) is 17.4. The molecule has 1 N–H and O–H groups in total. The van der Waals surface area contributed by atoms with Gasteiger partial charge in [-0.15, -0.1) is 0 Å². The summed E-state index contributed by atoms with van der Waals surface area (Å²) in [4.78, 5) is 28.6. The molecule has 0 bridgehead atoms. The first-order valence-electron chi connectivity index (χ1n) is 10.6. The lowest BCUT2D eigenvalue weighted by molar-refractivity contribution is -0.127. The van der Waals surface area contributed by atoms with Crippen molar-refractivity contribution in [3.8, 4) is 0 Å². The van der Waals surface area contributed by atoms with Gasteiger partial charge in [0, 0.05) is 57.7 Å². The van der Waals surface area contributed by atoms with Crippen LogP contribution in [0.1, 0.15) is 52.3 Å². The van der Waals surface area contributed by atoms with Crippen molar-refractivity contribution >= 4 is 11.8 Å². The molecule has 7 heteroatoms. The number of amides is 2. The zero-order chi connectivity index (χ0) is 21.1. The number of hydrogen-bond acceptors (Lipinski definition) is 4. The fourth-order valence-electron chi connectivity index (χ4n) is 4.41. The van der Waals surface area contributed by atoms with Gasteiger partial charge in [0.2, 0.25) is 5.91 Å². The summed E-state index contributed by atoms with van der Waals surface area (Å²) < 4.78 is 19.4. The molecule has 1 saturated heterocycles. The van der Waals surface area contributed by atoms with Crippen LogP contribution in [-0.2, 0) is 24.3 Å². The molecule has 0 saturated carbocycles. The number of halogens is 1. The Balaban J connectivity index is 1.36. The lowest BCUT2D eigenvalue weighted by Crippen LogP contribution is -2.33. The minimum atomic E-state index is -0.236. The number of fused-ring (bicyclic) bond motifs is 1. The van der Waals surface area contributed by atoms with E-state index in [0.717, 1.165) is 49.2 Å². The van der Waals surface area contributed by atoms with Gasteiger partial charge in [-0.2, -0.15) is 0 Å². The number of aryl methyl sites for hydroxylation is 1. The van der Waals surface area contributed by atoms with Crippen LogP contribution in [0.4, 0.5) is 4.39 Å². The Morgan fingerprint density at radius 2 is 2.13 bits per heavy atom. The second-order valence-electron chi connectivity index (χ2n) is 8.12. The molecule has 0 spiro atoms. The van der Waals surface area contributed by atoms with E-state index in [1.807, 2.05) is 17.9 Å². The predicted molar refractivity (Wildman–Crippen MR) is 110 cm³/mol. The van der Waals surface area contributed by atoms with Crippen molar-refractivity contribution in [1.82, 2.24) is 15.1 Å². The third-order valence-corrected chi connectivity index (χ3v) is 5.89. The Bertz CT molecular complexity index is 940. The molecule has 1 fully saturated rings. The molecule has 2 aliphatic rings. The highest BCUT2D eigenvalue weighted by atomic mass is 19.1. The summed E-state index contributed by atoms with van der Waals surface area (Å²) in [7, 11) is 0. The fraction of sp³-hybridized carbons (Fsp3) is 0.478. The molecular weight excluding hydrogens is 385 g/mol. The molecule has 1 aromatic heterocycles. The number of hydrogen-bond donors (Lipinski definition) is 1. The van der Waals surface area contributed by atoms with Gasteiger partial charge in [0.25, 0.3) is 5.91 Å². The van der Waals surface area contributed by atoms with Crippen LogP contribution in [0.2, 0.25) is 0 Å². The molecule has 2 aromatic rings. The number of nitrogens with one attached hydrogen (secondary N) is 1.